The van der Waals surface area contributed by atoms with Crippen LogP contribution in [0.5, 0.6) is 0 Å². The summed E-state index contributed by atoms with van der Waals surface area (Å²) in [6.45, 7) is 5.51. The van der Waals surface area contributed by atoms with E-state index in [1.807, 2.05) is 6.20 Å². The Morgan fingerprint density at radius 1 is 1.47 bits per heavy atom. The fourth-order valence-electron chi connectivity index (χ4n) is 1.71. The number of rotatable bonds is 8. The van der Waals surface area contributed by atoms with Crippen LogP contribution in [0.2, 0.25) is 0 Å². The highest BCUT2D eigenvalue weighted by Crippen LogP contribution is 2.27. The first-order chi connectivity index (χ1) is 8.97. The molecular formula is C12H22N4O2S. The minimum absolute atomic E-state index is 0.114. The molecule has 0 amide bonds. The average molecular weight is 286 g/mol. The maximum Gasteiger partial charge on any atom is 0.154 e. The van der Waals surface area contributed by atoms with Crippen LogP contribution in [0.25, 0.3) is 0 Å². The molecule has 0 atom stereocenters. The summed E-state index contributed by atoms with van der Waals surface area (Å²) < 4.78 is 25.0. The summed E-state index contributed by atoms with van der Waals surface area (Å²) in [6, 6.07) is 0. The number of aryl methyl sites for hydroxylation is 1. The highest BCUT2D eigenvalue weighted by molar-refractivity contribution is 7.91. The van der Waals surface area contributed by atoms with Crippen molar-refractivity contribution >= 4 is 9.84 Å². The standard InChI is InChI=1S/C12H22N4O2S/c1-10(2)19(17,18)6-5-16-9-12(14-15-16)8-13-7-11-3-4-11/h9-11,13H,3-8H2,1-2H3. The molecule has 1 fully saturated rings. The zero-order valence-corrected chi connectivity index (χ0v) is 12.4. The lowest BCUT2D eigenvalue weighted by atomic mass is 10.4. The third kappa shape index (κ3) is 4.58. The van der Waals surface area contributed by atoms with Crippen molar-refractivity contribution in [2.24, 2.45) is 5.92 Å². The Hall–Kier alpha value is -0.950. The Morgan fingerprint density at radius 2 is 2.21 bits per heavy atom. The van der Waals surface area contributed by atoms with Gasteiger partial charge in [0.05, 0.1) is 23.2 Å². The Morgan fingerprint density at radius 3 is 2.84 bits per heavy atom. The van der Waals surface area contributed by atoms with Gasteiger partial charge in [0.2, 0.25) is 0 Å². The van der Waals surface area contributed by atoms with Crippen LogP contribution in [0.4, 0.5) is 0 Å². The first kappa shape index (κ1) is 14.5. The summed E-state index contributed by atoms with van der Waals surface area (Å²) in [5.74, 6) is 0.953. The average Bonchev–Trinajstić information content (AvgIpc) is 3.05. The van der Waals surface area contributed by atoms with Crippen molar-refractivity contribution in [1.82, 2.24) is 20.3 Å². The van der Waals surface area contributed by atoms with E-state index >= 15 is 0 Å². The lowest BCUT2D eigenvalue weighted by Gasteiger charge is -2.06. The summed E-state index contributed by atoms with van der Waals surface area (Å²) in [4.78, 5) is 0. The largest absolute Gasteiger partial charge is 0.311 e. The summed E-state index contributed by atoms with van der Waals surface area (Å²) in [7, 11) is -3.01. The van der Waals surface area contributed by atoms with Crippen molar-refractivity contribution in [3.05, 3.63) is 11.9 Å². The molecule has 0 unspecified atom stereocenters. The lowest BCUT2D eigenvalue weighted by molar-refractivity contribution is 0.567. The second-order valence-electron chi connectivity index (χ2n) is 5.46. The minimum atomic E-state index is -3.01. The van der Waals surface area contributed by atoms with Gasteiger partial charge in [0.15, 0.2) is 9.84 Å². The van der Waals surface area contributed by atoms with E-state index in [0.717, 1.165) is 18.2 Å². The van der Waals surface area contributed by atoms with Crippen LogP contribution in [-0.4, -0.2) is 41.0 Å². The third-order valence-electron chi connectivity index (χ3n) is 3.35. The predicted octanol–water partition coefficient (Wildman–Crippen LogP) is 0.601. The molecular weight excluding hydrogens is 264 g/mol. The van der Waals surface area contributed by atoms with Gasteiger partial charge in [-0.3, -0.25) is 4.68 Å². The Labute approximate surface area is 114 Å². The zero-order valence-electron chi connectivity index (χ0n) is 11.5. The summed E-state index contributed by atoms with van der Waals surface area (Å²) in [6.07, 6.45) is 4.47. The molecule has 0 bridgehead atoms. The number of sulfone groups is 1. The molecule has 6 nitrogen and oxygen atoms in total. The maximum absolute atomic E-state index is 11.7. The number of aromatic nitrogens is 3. The molecule has 0 spiro atoms. The van der Waals surface area contributed by atoms with Crippen LogP contribution >= 0.6 is 0 Å². The normalized spacial score (nSPS) is 16.2. The molecule has 0 aliphatic heterocycles. The topological polar surface area (TPSA) is 76.9 Å². The van der Waals surface area contributed by atoms with E-state index in [0.29, 0.717) is 13.1 Å². The molecule has 1 aliphatic rings. The molecule has 7 heteroatoms. The van der Waals surface area contributed by atoms with E-state index in [9.17, 15) is 8.42 Å². The molecule has 0 saturated heterocycles. The van der Waals surface area contributed by atoms with Gasteiger partial charge in [-0.1, -0.05) is 5.21 Å². The highest BCUT2D eigenvalue weighted by Gasteiger charge is 2.20. The molecule has 1 aromatic rings. The van der Waals surface area contributed by atoms with Crippen molar-refractivity contribution < 1.29 is 8.42 Å². The van der Waals surface area contributed by atoms with Crippen molar-refractivity contribution in [2.45, 2.75) is 45.0 Å². The van der Waals surface area contributed by atoms with E-state index in [4.69, 9.17) is 0 Å². The lowest BCUT2D eigenvalue weighted by Crippen LogP contribution is -2.21. The Balaban J connectivity index is 1.76. The van der Waals surface area contributed by atoms with Gasteiger partial charge in [0.25, 0.3) is 0 Å². The fraction of sp³-hybridized carbons (Fsp3) is 0.833. The minimum Gasteiger partial charge on any atom is -0.311 e. The number of hydrogen-bond donors (Lipinski definition) is 1. The van der Waals surface area contributed by atoms with Gasteiger partial charge in [-0.15, -0.1) is 5.10 Å². The van der Waals surface area contributed by atoms with Crippen LogP contribution in [0.1, 0.15) is 32.4 Å². The van der Waals surface area contributed by atoms with E-state index < -0.39 is 9.84 Å². The smallest absolute Gasteiger partial charge is 0.154 e. The van der Waals surface area contributed by atoms with Gasteiger partial charge in [-0.05, 0) is 39.2 Å². The molecule has 1 saturated carbocycles. The van der Waals surface area contributed by atoms with Gasteiger partial charge >= 0.3 is 0 Å². The van der Waals surface area contributed by atoms with E-state index in [-0.39, 0.29) is 11.0 Å². The molecule has 1 N–H and O–H groups in total. The van der Waals surface area contributed by atoms with Gasteiger partial charge < -0.3 is 5.32 Å². The van der Waals surface area contributed by atoms with Crippen LogP contribution < -0.4 is 5.32 Å². The Kier molecular flexibility index (Phi) is 4.57. The van der Waals surface area contributed by atoms with Gasteiger partial charge in [-0.25, -0.2) is 8.42 Å². The van der Waals surface area contributed by atoms with Crippen LogP contribution in [0.3, 0.4) is 0 Å². The summed E-state index contributed by atoms with van der Waals surface area (Å²) in [5, 5.41) is 11.0. The number of hydrogen-bond acceptors (Lipinski definition) is 5. The van der Waals surface area contributed by atoms with Gasteiger partial charge in [0.1, 0.15) is 0 Å². The quantitative estimate of drug-likeness (QED) is 0.757. The van der Waals surface area contributed by atoms with E-state index in [1.54, 1.807) is 18.5 Å². The molecule has 19 heavy (non-hydrogen) atoms. The number of nitrogens with zero attached hydrogens (tertiary/aromatic N) is 3. The molecule has 2 rings (SSSR count). The fourth-order valence-corrected chi connectivity index (χ4v) is 2.62. The van der Waals surface area contributed by atoms with Crippen LogP contribution in [-0.2, 0) is 22.9 Å². The van der Waals surface area contributed by atoms with Crippen molar-refractivity contribution in [1.29, 1.82) is 0 Å². The highest BCUT2D eigenvalue weighted by atomic mass is 32.2. The van der Waals surface area contributed by atoms with Gasteiger partial charge in [0, 0.05) is 12.7 Å². The third-order valence-corrected chi connectivity index (χ3v) is 5.53. The molecule has 1 heterocycles. The molecule has 1 aromatic heterocycles. The summed E-state index contributed by atoms with van der Waals surface area (Å²) in [5.41, 5.74) is 0.864. The second kappa shape index (κ2) is 6.00. The molecule has 0 aromatic carbocycles. The Bertz CT molecular complexity index is 506. The SMILES string of the molecule is CC(C)S(=O)(=O)CCn1cc(CNCC2CC2)nn1. The first-order valence-electron chi connectivity index (χ1n) is 6.78. The maximum atomic E-state index is 11.7. The van der Waals surface area contributed by atoms with Crippen molar-refractivity contribution in [2.75, 3.05) is 12.3 Å². The predicted molar refractivity (Wildman–Crippen MR) is 73.4 cm³/mol. The van der Waals surface area contributed by atoms with Gasteiger partial charge in [-0.2, -0.15) is 0 Å². The zero-order chi connectivity index (χ0) is 13.9. The summed E-state index contributed by atoms with van der Waals surface area (Å²) >= 11 is 0. The van der Waals surface area contributed by atoms with Crippen molar-refractivity contribution in [3.8, 4) is 0 Å². The van der Waals surface area contributed by atoms with Crippen molar-refractivity contribution in [3.63, 3.8) is 0 Å². The molecule has 0 radical (unpaired) electrons. The van der Waals surface area contributed by atoms with Crippen LogP contribution in [0, 0.1) is 5.92 Å². The van der Waals surface area contributed by atoms with E-state index in [1.165, 1.54) is 12.8 Å². The number of nitrogens with one attached hydrogen (secondary N) is 1. The molecule has 1 aliphatic carbocycles. The second-order valence-corrected chi connectivity index (χ2v) is 8.14. The monoisotopic (exact) mass is 286 g/mol. The molecule has 108 valence electrons. The van der Waals surface area contributed by atoms with Crippen LogP contribution in [0.15, 0.2) is 6.20 Å². The van der Waals surface area contributed by atoms with E-state index in [2.05, 4.69) is 15.6 Å². The first-order valence-corrected chi connectivity index (χ1v) is 8.50.